The molecule has 6 nitrogen and oxygen atoms in total. The van der Waals surface area contributed by atoms with E-state index in [0.29, 0.717) is 18.6 Å². The first kappa shape index (κ1) is 14.8. The second kappa shape index (κ2) is 7.97. The van der Waals surface area contributed by atoms with Crippen molar-refractivity contribution in [2.75, 3.05) is 12.3 Å². The summed E-state index contributed by atoms with van der Waals surface area (Å²) in [5.41, 5.74) is 0. The number of carbonyl (C=O) groups is 3. The Bertz CT molecular complexity index is 311. The van der Waals surface area contributed by atoms with Crippen molar-refractivity contribution in [3.63, 3.8) is 0 Å². The van der Waals surface area contributed by atoms with Crippen LogP contribution in [-0.2, 0) is 14.4 Å². The highest BCUT2D eigenvalue weighted by molar-refractivity contribution is 8.00. The lowest BCUT2D eigenvalue weighted by Gasteiger charge is -2.15. The Hall–Kier alpha value is -1.24. The van der Waals surface area contributed by atoms with Gasteiger partial charge in [-0.1, -0.05) is 6.42 Å². The van der Waals surface area contributed by atoms with Crippen LogP contribution in [0.2, 0.25) is 0 Å². The highest BCUT2D eigenvalue weighted by Crippen LogP contribution is 2.21. The maximum Gasteiger partial charge on any atom is 0.326 e. The Morgan fingerprint density at radius 1 is 1.61 bits per heavy atom. The molecule has 0 aromatic rings. The van der Waals surface area contributed by atoms with E-state index in [0.717, 1.165) is 25.8 Å². The number of carboxylic acids is 1. The van der Waals surface area contributed by atoms with Gasteiger partial charge in [0.2, 0.25) is 12.3 Å². The first-order chi connectivity index (χ1) is 8.65. The number of thioether (sulfide) groups is 1. The Kier molecular flexibility index (Phi) is 6.56. The van der Waals surface area contributed by atoms with Crippen LogP contribution in [0.3, 0.4) is 0 Å². The van der Waals surface area contributed by atoms with Gasteiger partial charge in [0, 0.05) is 6.54 Å². The van der Waals surface area contributed by atoms with Gasteiger partial charge in [0.1, 0.15) is 6.04 Å². The number of aliphatic carboxylic acids is 1. The number of hydrogen-bond donors (Lipinski definition) is 3. The quantitative estimate of drug-likeness (QED) is 0.567. The third-order valence-corrected chi connectivity index (χ3v) is 4.10. The maximum absolute atomic E-state index is 11.6. The average Bonchev–Trinajstić information content (AvgIpc) is 2.53. The summed E-state index contributed by atoms with van der Waals surface area (Å²) >= 11 is 1.46. The smallest absolute Gasteiger partial charge is 0.326 e. The minimum atomic E-state index is -1.05. The summed E-state index contributed by atoms with van der Waals surface area (Å²) in [6, 6.07) is -0.871. The molecule has 1 saturated heterocycles. The van der Waals surface area contributed by atoms with Gasteiger partial charge in [0.25, 0.3) is 0 Å². The van der Waals surface area contributed by atoms with Crippen LogP contribution in [0.5, 0.6) is 0 Å². The molecule has 0 bridgehead atoms. The molecule has 2 unspecified atom stereocenters. The lowest BCUT2D eigenvalue weighted by atomic mass is 10.2. The number of rotatable bonds is 7. The fraction of sp³-hybridized carbons (Fsp3) is 0.727. The molecular weight excluding hydrogens is 256 g/mol. The van der Waals surface area contributed by atoms with E-state index in [1.54, 1.807) is 0 Å². The largest absolute Gasteiger partial charge is 0.480 e. The highest BCUT2D eigenvalue weighted by Gasteiger charge is 2.22. The van der Waals surface area contributed by atoms with Crippen LogP contribution < -0.4 is 10.6 Å². The molecule has 1 fully saturated rings. The lowest BCUT2D eigenvalue weighted by molar-refractivity contribution is -0.140. The fourth-order valence-electron chi connectivity index (χ4n) is 1.76. The van der Waals surface area contributed by atoms with E-state index in [1.807, 2.05) is 0 Å². The van der Waals surface area contributed by atoms with Crippen LogP contribution in [0.15, 0.2) is 0 Å². The summed E-state index contributed by atoms with van der Waals surface area (Å²) in [6.07, 6.45) is 3.54. The number of hydrogen-bond acceptors (Lipinski definition) is 4. The molecule has 1 aliphatic heterocycles. The summed E-state index contributed by atoms with van der Waals surface area (Å²) < 4.78 is 0. The second-order valence-electron chi connectivity index (χ2n) is 4.11. The van der Waals surface area contributed by atoms with E-state index in [-0.39, 0.29) is 11.2 Å². The molecule has 1 rings (SSSR count). The lowest BCUT2D eigenvalue weighted by Crippen LogP contribution is -2.36. The summed E-state index contributed by atoms with van der Waals surface area (Å²) in [7, 11) is 0. The number of amides is 2. The third kappa shape index (κ3) is 4.95. The standard InChI is InChI=1S/C11H18N2O4S/c14-7-13-8(11(16)17)4-6-18-9-3-1-2-5-12-10(9)15/h7-9H,1-6H2,(H,12,15)(H,13,14)(H,16,17). The van der Waals surface area contributed by atoms with Crippen molar-refractivity contribution in [3.8, 4) is 0 Å². The SMILES string of the molecule is O=CNC(CCSC1CCCCNC1=O)C(=O)O. The monoisotopic (exact) mass is 274 g/mol. The summed E-state index contributed by atoms with van der Waals surface area (Å²) in [5.74, 6) is -0.476. The summed E-state index contributed by atoms with van der Waals surface area (Å²) in [4.78, 5) is 32.6. The van der Waals surface area contributed by atoms with Crippen molar-refractivity contribution >= 4 is 30.0 Å². The number of carboxylic acid groups (broad SMARTS) is 1. The number of carbonyl (C=O) groups excluding carboxylic acids is 2. The van der Waals surface area contributed by atoms with Crippen LogP contribution in [0.25, 0.3) is 0 Å². The molecule has 3 N–H and O–H groups in total. The van der Waals surface area contributed by atoms with E-state index in [4.69, 9.17) is 5.11 Å². The molecule has 7 heteroatoms. The average molecular weight is 274 g/mol. The van der Waals surface area contributed by atoms with Crippen molar-refractivity contribution in [1.82, 2.24) is 10.6 Å². The Balaban J connectivity index is 2.32. The predicted molar refractivity (Wildman–Crippen MR) is 68.3 cm³/mol. The molecule has 0 radical (unpaired) electrons. The van der Waals surface area contributed by atoms with Crippen molar-refractivity contribution in [1.29, 1.82) is 0 Å². The maximum atomic E-state index is 11.6. The van der Waals surface area contributed by atoms with E-state index >= 15 is 0 Å². The van der Waals surface area contributed by atoms with Gasteiger partial charge in [-0.25, -0.2) is 4.79 Å². The summed E-state index contributed by atoms with van der Waals surface area (Å²) in [6.45, 7) is 0.723. The van der Waals surface area contributed by atoms with Crippen LogP contribution in [0.1, 0.15) is 25.7 Å². The summed E-state index contributed by atoms with van der Waals surface area (Å²) in [5, 5.41) is 13.8. The Labute approximate surface area is 110 Å². The molecule has 1 aliphatic rings. The fourth-order valence-corrected chi connectivity index (χ4v) is 2.98. The van der Waals surface area contributed by atoms with Gasteiger partial charge in [0.15, 0.2) is 0 Å². The van der Waals surface area contributed by atoms with E-state index < -0.39 is 12.0 Å². The zero-order valence-corrected chi connectivity index (χ0v) is 10.9. The highest BCUT2D eigenvalue weighted by atomic mass is 32.2. The topological polar surface area (TPSA) is 95.5 Å². The first-order valence-electron chi connectivity index (χ1n) is 5.97. The third-order valence-electron chi connectivity index (χ3n) is 2.78. The predicted octanol–water partition coefficient (Wildman–Crippen LogP) is -0.0224. The zero-order chi connectivity index (χ0) is 13.4. The Morgan fingerprint density at radius 2 is 2.39 bits per heavy atom. The van der Waals surface area contributed by atoms with Gasteiger partial charge >= 0.3 is 5.97 Å². The van der Waals surface area contributed by atoms with Crippen molar-refractivity contribution < 1.29 is 19.5 Å². The Morgan fingerprint density at radius 3 is 3.06 bits per heavy atom. The van der Waals surface area contributed by atoms with E-state index in [9.17, 15) is 14.4 Å². The minimum Gasteiger partial charge on any atom is -0.480 e. The molecular formula is C11H18N2O4S. The van der Waals surface area contributed by atoms with Gasteiger partial charge in [-0.15, -0.1) is 11.8 Å². The van der Waals surface area contributed by atoms with Gasteiger partial charge in [-0.2, -0.15) is 0 Å². The molecule has 0 spiro atoms. The number of nitrogens with one attached hydrogen (secondary N) is 2. The van der Waals surface area contributed by atoms with Crippen molar-refractivity contribution in [2.45, 2.75) is 37.0 Å². The second-order valence-corrected chi connectivity index (χ2v) is 5.42. The molecule has 2 amide bonds. The van der Waals surface area contributed by atoms with Crippen LogP contribution in [0, 0.1) is 0 Å². The van der Waals surface area contributed by atoms with Crippen LogP contribution in [-0.4, -0.2) is 47.0 Å². The van der Waals surface area contributed by atoms with E-state index in [2.05, 4.69) is 10.6 Å². The van der Waals surface area contributed by atoms with Gasteiger partial charge < -0.3 is 15.7 Å². The molecule has 102 valence electrons. The molecule has 2 atom stereocenters. The van der Waals surface area contributed by atoms with Crippen molar-refractivity contribution in [2.24, 2.45) is 0 Å². The molecule has 0 aromatic carbocycles. The van der Waals surface area contributed by atoms with Crippen molar-refractivity contribution in [3.05, 3.63) is 0 Å². The molecule has 18 heavy (non-hydrogen) atoms. The van der Waals surface area contributed by atoms with Crippen LogP contribution >= 0.6 is 11.8 Å². The minimum absolute atomic E-state index is 0.0349. The molecule has 1 heterocycles. The van der Waals surface area contributed by atoms with Gasteiger partial charge in [-0.3, -0.25) is 9.59 Å². The molecule has 0 aromatic heterocycles. The van der Waals surface area contributed by atoms with Gasteiger partial charge in [-0.05, 0) is 25.0 Å². The zero-order valence-electron chi connectivity index (χ0n) is 10.1. The van der Waals surface area contributed by atoms with Gasteiger partial charge in [0.05, 0.1) is 5.25 Å². The van der Waals surface area contributed by atoms with E-state index in [1.165, 1.54) is 11.8 Å². The normalized spacial score (nSPS) is 21.6. The first-order valence-corrected chi connectivity index (χ1v) is 7.02. The molecule has 0 saturated carbocycles. The van der Waals surface area contributed by atoms with Crippen LogP contribution in [0.4, 0.5) is 0 Å². The molecule has 0 aliphatic carbocycles.